The Morgan fingerprint density at radius 1 is 0.232 bits per heavy atom. The predicted octanol–water partition coefficient (Wildman–Crippen LogP) is 15.9. The smallest absolute Gasteiger partial charge is 0.0462 e. The van der Waals surface area contributed by atoms with Gasteiger partial charge in [-0.25, -0.2) is 0 Å². The fraction of sp³-hybridized carbons (Fsp3) is 0. The monoisotopic (exact) mass is 731 g/mol. The third-order valence-corrected chi connectivity index (χ3v) is 11.8. The van der Waals surface area contributed by atoms with E-state index in [-0.39, 0.29) is 0 Å². The number of benzene rings is 9. The molecule has 9 aromatic carbocycles. The lowest BCUT2D eigenvalue weighted by Crippen LogP contribution is -2.09. The summed E-state index contributed by atoms with van der Waals surface area (Å²) >= 11 is 1.87. The van der Waals surface area contributed by atoms with Crippen molar-refractivity contribution in [2.24, 2.45) is 0 Å². The van der Waals surface area contributed by atoms with Crippen LogP contribution in [0.2, 0.25) is 0 Å². The molecule has 0 bridgehead atoms. The van der Waals surface area contributed by atoms with Crippen molar-refractivity contribution in [1.29, 1.82) is 0 Å². The van der Waals surface area contributed by atoms with Crippen LogP contribution in [0.1, 0.15) is 0 Å². The zero-order valence-electron chi connectivity index (χ0n) is 30.7. The maximum atomic E-state index is 2.36. The second-order valence-corrected chi connectivity index (χ2v) is 15.3. The van der Waals surface area contributed by atoms with Crippen molar-refractivity contribution in [2.75, 3.05) is 4.90 Å². The molecule has 1 nitrogen and oxygen atoms in total. The van der Waals surface area contributed by atoms with Crippen molar-refractivity contribution in [3.63, 3.8) is 0 Å². The second-order valence-electron chi connectivity index (χ2n) is 14.2. The van der Waals surface area contributed by atoms with Crippen LogP contribution in [0.3, 0.4) is 0 Å². The first-order chi connectivity index (χ1) is 27.7. The van der Waals surface area contributed by atoms with Crippen molar-refractivity contribution in [3.8, 4) is 55.6 Å². The Morgan fingerprint density at radius 2 is 0.536 bits per heavy atom. The molecular weight excluding hydrogens is 695 g/mol. The van der Waals surface area contributed by atoms with Crippen molar-refractivity contribution < 1.29 is 0 Å². The fourth-order valence-corrected chi connectivity index (χ4v) is 8.83. The van der Waals surface area contributed by atoms with Gasteiger partial charge in [-0.2, -0.15) is 0 Å². The highest BCUT2D eigenvalue weighted by Crippen LogP contribution is 2.40. The highest BCUT2D eigenvalue weighted by molar-refractivity contribution is 7.25. The van der Waals surface area contributed by atoms with Crippen LogP contribution in [0.4, 0.5) is 17.1 Å². The highest BCUT2D eigenvalue weighted by Gasteiger charge is 2.14. The van der Waals surface area contributed by atoms with Crippen LogP contribution < -0.4 is 4.90 Å². The van der Waals surface area contributed by atoms with Crippen LogP contribution >= 0.6 is 11.3 Å². The molecule has 264 valence electrons. The second kappa shape index (κ2) is 14.7. The van der Waals surface area contributed by atoms with E-state index >= 15 is 0 Å². The number of rotatable bonds is 8. The molecule has 10 rings (SSSR count). The molecule has 0 atom stereocenters. The van der Waals surface area contributed by atoms with E-state index in [1.165, 1.54) is 75.8 Å². The molecule has 0 radical (unpaired) electrons. The molecule has 0 saturated heterocycles. The summed E-state index contributed by atoms with van der Waals surface area (Å²) in [5.74, 6) is 0. The highest BCUT2D eigenvalue weighted by atomic mass is 32.1. The minimum absolute atomic E-state index is 1.12. The van der Waals surface area contributed by atoms with Crippen molar-refractivity contribution in [2.45, 2.75) is 0 Å². The summed E-state index contributed by atoms with van der Waals surface area (Å²) in [4.78, 5) is 2.32. The zero-order chi connectivity index (χ0) is 37.3. The first kappa shape index (κ1) is 33.6. The van der Waals surface area contributed by atoms with Crippen LogP contribution in [0.15, 0.2) is 224 Å². The topological polar surface area (TPSA) is 3.24 Å². The van der Waals surface area contributed by atoms with Gasteiger partial charge in [0, 0.05) is 37.2 Å². The first-order valence-electron chi connectivity index (χ1n) is 19.1. The average Bonchev–Trinajstić information content (AvgIpc) is 3.65. The van der Waals surface area contributed by atoms with Gasteiger partial charge in [0.2, 0.25) is 0 Å². The third kappa shape index (κ3) is 6.57. The molecule has 0 saturated carbocycles. The lowest BCUT2D eigenvalue weighted by atomic mass is 9.96. The normalized spacial score (nSPS) is 11.2. The Bertz CT molecular complexity index is 2910. The van der Waals surface area contributed by atoms with E-state index in [2.05, 4.69) is 229 Å². The Balaban J connectivity index is 0.912. The maximum Gasteiger partial charge on any atom is 0.0462 e. The van der Waals surface area contributed by atoms with Gasteiger partial charge in [-0.15, -0.1) is 11.3 Å². The predicted molar refractivity (Wildman–Crippen MR) is 241 cm³/mol. The van der Waals surface area contributed by atoms with Crippen molar-refractivity contribution in [3.05, 3.63) is 224 Å². The van der Waals surface area contributed by atoms with Gasteiger partial charge in [-0.1, -0.05) is 158 Å². The van der Waals surface area contributed by atoms with Gasteiger partial charge in [-0.3, -0.25) is 0 Å². The van der Waals surface area contributed by atoms with Crippen molar-refractivity contribution in [1.82, 2.24) is 0 Å². The standard InChI is InChI=1S/C54H37NS/c1-4-11-38(12-5-1)40-23-29-49(30-24-40)55(48-17-8-3-9-18-48)50-31-25-43(26-32-50)45-16-10-15-44(35-45)41-19-21-42(22-20-41)47-28-34-54-52(37-47)51-36-46(27-33-53(51)56-54)39-13-6-2-7-14-39/h1-37H. The molecule has 56 heavy (non-hydrogen) atoms. The van der Waals surface area contributed by atoms with Gasteiger partial charge >= 0.3 is 0 Å². The largest absolute Gasteiger partial charge is 0.311 e. The minimum atomic E-state index is 1.12. The number of fused-ring (bicyclic) bond motifs is 3. The molecule has 0 fully saturated rings. The summed E-state index contributed by atoms with van der Waals surface area (Å²) < 4.78 is 2.64. The summed E-state index contributed by atoms with van der Waals surface area (Å²) in [7, 11) is 0. The number of hydrogen-bond acceptors (Lipinski definition) is 2. The van der Waals surface area contributed by atoms with Gasteiger partial charge < -0.3 is 4.90 Å². The van der Waals surface area contributed by atoms with E-state index in [0.717, 1.165) is 17.1 Å². The summed E-state index contributed by atoms with van der Waals surface area (Å²) in [5, 5.41) is 2.64. The van der Waals surface area contributed by atoms with E-state index < -0.39 is 0 Å². The zero-order valence-corrected chi connectivity index (χ0v) is 31.5. The lowest BCUT2D eigenvalue weighted by molar-refractivity contribution is 1.28. The summed E-state index contributed by atoms with van der Waals surface area (Å²) in [6.07, 6.45) is 0. The molecule has 1 aromatic heterocycles. The van der Waals surface area contributed by atoms with E-state index in [9.17, 15) is 0 Å². The molecule has 0 unspecified atom stereocenters. The van der Waals surface area contributed by atoms with Gasteiger partial charge in [0.1, 0.15) is 0 Å². The third-order valence-electron chi connectivity index (χ3n) is 10.7. The first-order valence-corrected chi connectivity index (χ1v) is 19.9. The molecule has 0 aliphatic heterocycles. The van der Waals surface area contributed by atoms with Gasteiger partial charge in [0.25, 0.3) is 0 Å². The Labute approximate surface area is 332 Å². The van der Waals surface area contributed by atoms with Crippen molar-refractivity contribution >= 4 is 48.6 Å². The maximum absolute atomic E-state index is 2.36. The van der Waals surface area contributed by atoms with E-state index in [4.69, 9.17) is 0 Å². The molecule has 1 heterocycles. The fourth-order valence-electron chi connectivity index (χ4n) is 7.76. The van der Waals surface area contributed by atoms with Gasteiger partial charge in [0.15, 0.2) is 0 Å². The van der Waals surface area contributed by atoms with Crippen LogP contribution in [0.5, 0.6) is 0 Å². The molecule has 0 aliphatic carbocycles. The Hall–Kier alpha value is -7.00. The molecule has 2 heteroatoms. The Kier molecular flexibility index (Phi) is 8.79. The van der Waals surface area contributed by atoms with Crippen LogP contribution in [0.25, 0.3) is 75.8 Å². The van der Waals surface area contributed by atoms with Gasteiger partial charge in [-0.05, 0) is 122 Å². The number of para-hydroxylation sites is 1. The SMILES string of the molecule is c1ccc(-c2ccc(N(c3ccccc3)c3ccc(-c4cccc(-c5ccc(-c6ccc7sc8ccc(-c9ccccc9)cc8c7c6)cc5)c4)cc3)cc2)cc1. The molecular formula is C54H37NS. The lowest BCUT2D eigenvalue weighted by Gasteiger charge is -2.26. The average molecular weight is 732 g/mol. The van der Waals surface area contributed by atoms with E-state index in [1.807, 2.05) is 11.3 Å². The number of nitrogens with zero attached hydrogens (tertiary/aromatic N) is 1. The number of hydrogen-bond donors (Lipinski definition) is 0. The van der Waals surface area contributed by atoms with Gasteiger partial charge in [0.05, 0.1) is 0 Å². The van der Waals surface area contributed by atoms with E-state index in [0.29, 0.717) is 0 Å². The summed E-state index contributed by atoms with van der Waals surface area (Å²) in [6, 6.07) is 81.2. The molecule has 0 amide bonds. The number of anilines is 3. The number of thiophene rings is 1. The van der Waals surface area contributed by atoms with Crippen LogP contribution in [-0.2, 0) is 0 Å². The summed E-state index contributed by atoms with van der Waals surface area (Å²) in [5.41, 5.74) is 15.5. The molecule has 10 aromatic rings. The molecule has 0 aliphatic rings. The molecule has 0 N–H and O–H groups in total. The summed E-state index contributed by atoms with van der Waals surface area (Å²) in [6.45, 7) is 0. The van der Waals surface area contributed by atoms with Crippen LogP contribution in [0, 0.1) is 0 Å². The van der Waals surface area contributed by atoms with E-state index in [1.54, 1.807) is 0 Å². The minimum Gasteiger partial charge on any atom is -0.311 e. The Morgan fingerprint density at radius 3 is 1.00 bits per heavy atom. The molecule has 0 spiro atoms. The van der Waals surface area contributed by atoms with Crippen LogP contribution in [-0.4, -0.2) is 0 Å². The quantitative estimate of drug-likeness (QED) is 0.150.